The molecule has 0 radical (unpaired) electrons. The Morgan fingerprint density at radius 3 is 2.65 bits per heavy atom. The van der Waals surface area contributed by atoms with Gasteiger partial charge in [0, 0.05) is 11.0 Å². The minimum Gasteiger partial charge on any atom is -0.486 e. The molecule has 1 heterocycles. The fourth-order valence-corrected chi connectivity index (χ4v) is 2.54. The van der Waals surface area contributed by atoms with Crippen LogP contribution in [0.15, 0.2) is 16.6 Å². The van der Waals surface area contributed by atoms with Gasteiger partial charge in [-0.1, -0.05) is 29.3 Å². The summed E-state index contributed by atoms with van der Waals surface area (Å²) >= 11 is 3.48. The molecule has 2 N–H and O–H groups in total. The van der Waals surface area contributed by atoms with Gasteiger partial charge < -0.3 is 19.9 Å². The van der Waals surface area contributed by atoms with Gasteiger partial charge in [-0.15, -0.1) is 0 Å². The normalized spacial score (nSPS) is 14.9. The average Bonchev–Trinajstić information content (AvgIpc) is 2.43. The predicted octanol–water partition coefficient (Wildman–Crippen LogP) is 2.56. The Morgan fingerprint density at radius 2 is 2.05 bits per heavy atom. The zero-order valence-electron chi connectivity index (χ0n) is 11.3. The minimum atomic E-state index is -0.819. The number of carbonyl (C=O) groups is 1. The number of hydrogen-bond donors (Lipinski definition) is 2. The molecule has 0 fully saturated rings. The number of halogens is 1. The summed E-state index contributed by atoms with van der Waals surface area (Å²) in [6.07, 6.45) is 1.43. The molecule has 1 aliphatic rings. The smallest absolute Gasteiger partial charge is 0.320 e. The van der Waals surface area contributed by atoms with Crippen LogP contribution >= 0.6 is 15.9 Å². The Kier molecular flexibility index (Phi) is 5.25. The van der Waals surface area contributed by atoms with Gasteiger partial charge in [0.05, 0.1) is 0 Å². The van der Waals surface area contributed by atoms with E-state index in [4.69, 9.17) is 14.6 Å². The van der Waals surface area contributed by atoms with E-state index in [0.29, 0.717) is 31.9 Å². The molecular weight excluding hydrogens is 326 g/mol. The Labute approximate surface area is 126 Å². The van der Waals surface area contributed by atoms with Crippen LogP contribution < -0.4 is 14.8 Å². The molecule has 20 heavy (non-hydrogen) atoms. The summed E-state index contributed by atoms with van der Waals surface area (Å²) < 4.78 is 11.9. The summed E-state index contributed by atoms with van der Waals surface area (Å²) in [6, 6.07) is 3.22. The van der Waals surface area contributed by atoms with Crippen molar-refractivity contribution in [1.82, 2.24) is 5.32 Å². The van der Waals surface area contributed by atoms with E-state index in [2.05, 4.69) is 21.2 Å². The lowest BCUT2D eigenvalue weighted by atomic mass is 10.1. The van der Waals surface area contributed by atoms with Crippen molar-refractivity contribution >= 4 is 21.9 Å². The zero-order chi connectivity index (χ0) is 14.5. The lowest BCUT2D eigenvalue weighted by Gasteiger charge is -2.20. The van der Waals surface area contributed by atoms with E-state index in [0.717, 1.165) is 22.2 Å². The first-order chi connectivity index (χ1) is 9.61. The molecule has 110 valence electrons. The number of ether oxygens (including phenoxy) is 2. The van der Waals surface area contributed by atoms with Crippen molar-refractivity contribution in [1.29, 1.82) is 0 Å². The fourth-order valence-electron chi connectivity index (χ4n) is 2.08. The lowest BCUT2D eigenvalue weighted by molar-refractivity contribution is -0.139. The van der Waals surface area contributed by atoms with Gasteiger partial charge in [0.1, 0.15) is 19.3 Å². The van der Waals surface area contributed by atoms with Crippen LogP contribution in [0.2, 0.25) is 0 Å². The molecule has 1 aliphatic heterocycles. The molecule has 0 saturated heterocycles. The molecule has 5 nitrogen and oxygen atoms in total. The first-order valence-corrected chi connectivity index (χ1v) is 7.45. The molecule has 0 aliphatic carbocycles. The lowest BCUT2D eigenvalue weighted by Crippen LogP contribution is -2.36. The molecule has 2 rings (SSSR count). The van der Waals surface area contributed by atoms with E-state index in [1.165, 1.54) is 0 Å². The predicted molar refractivity (Wildman–Crippen MR) is 78.3 cm³/mol. The summed E-state index contributed by atoms with van der Waals surface area (Å²) in [5.41, 5.74) is 0.955. The molecule has 1 aromatic carbocycles. The number of fused-ring (bicyclic) bond motifs is 1. The highest BCUT2D eigenvalue weighted by molar-refractivity contribution is 9.10. The number of carboxylic acid groups (broad SMARTS) is 1. The second kappa shape index (κ2) is 6.95. The SMILES string of the molecule is CCCC(NCc1cc2c(cc1Br)OCCO2)C(=O)O. The van der Waals surface area contributed by atoms with E-state index in [9.17, 15) is 4.79 Å². The van der Waals surface area contributed by atoms with Crippen molar-refractivity contribution in [2.45, 2.75) is 32.4 Å². The van der Waals surface area contributed by atoms with Crippen LogP contribution in [-0.4, -0.2) is 30.3 Å². The minimum absolute atomic E-state index is 0.466. The van der Waals surface area contributed by atoms with Crippen molar-refractivity contribution in [3.8, 4) is 11.5 Å². The van der Waals surface area contributed by atoms with Crippen LogP contribution in [0, 0.1) is 0 Å². The van der Waals surface area contributed by atoms with Crippen LogP contribution in [0.1, 0.15) is 25.3 Å². The van der Waals surface area contributed by atoms with Crippen molar-refractivity contribution in [3.63, 3.8) is 0 Å². The van der Waals surface area contributed by atoms with Crippen molar-refractivity contribution in [3.05, 3.63) is 22.2 Å². The van der Waals surface area contributed by atoms with Gasteiger partial charge in [-0.25, -0.2) is 0 Å². The summed E-state index contributed by atoms with van der Waals surface area (Å²) in [4.78, 5) is 11.1. The third-order valence-electron chi connectivity index (χ3n) is 3.13. The number of rotatable bonds is 6. The highest BCUT2D eigenvalue weighted by Gasteiger charge is 2.18. The number of nitrogens with one attached hydrogen (secondary N) is 1. The van der Waals surface area contributed by atoms with E-state index < -0.39 is 12.0 Å². The highest BCUT2D eigenvalue weighted by atomic mass is 79.9. The second-order valence-electron chi connectivity index (χ2n) is 4.65. The maximum Gasteiger partial charge on any atom is 0.320 e. The number of carboxylic acids is 1. The molecule has 1 atom stereocenters. The maximum absolute atomic E-state index is 11.1. The Hall–Kier alpha value is -1.27. The van der Waals surface area contributed by atoms with E-state index in [1.54, 1.807) is 0 Å². The molecule has 0 saturated carbocycles. The van der Waals surface area contributed by atoms with Crippen molar-refractivity contribution in [2.75, 3.05) is 13.2 Å². The van der Waals surface area contributed by atoms with Gasteiger partial charge >= 0.3 is 5.97 Å². The molecule has 6 heteroatoms. The molecule has 0 spiro atoms. The van der Waals surface area contributed by atoms with E-state index >= 15 is 0 Å². The zero-order valence-corrected chi connectivity index (χ0v) is 12.9. The van der Waals surface area contributed by atoms with Gasteiger partial charge in [-0.2, -0.15) is 0 Å². The first kappa shape index (κ1) is 15.1. The molecule has 0 amide bonds. The first-order valence-electron chi connectivity index (χ1n) is 6.66. The summed E-state index contributed by atoms with van der Waals surface area (Å²) in [7, 11) is 0. The standard InChI is InChI=1S/C14H18BrNO4/c1-2-3-11(14(17)18)16-8-9-6-12-13(7-10(9)15)20-5-4-19-12/h6-7,11,16H,2-5,8H2,1H3,(H,17,18). The largest absolute Gasteiger partial charge is 0.486 e. The second-order valence-corrected chi connectivity index (χ2v) is 5.50. The Balaban J connectivity index is 2.07. The summed E-state index contributed by atoms with van der Waals surface area (Å²) in [5.74, 6) is 0.606. The van der Waals surface area contributed by atoms with Crippen LogP contribution in [0.4, 0.5) is 0 Å². The third kappa shape index (κ3) is 3.64. The molecule has 1 unspecified atom stereocenters. The number of benzene rings is 1. The quantitative estimate of drug-likeness (QED) is 0.830. The molecular formula is C14H18BrNO4. The maximum atomic E-state index is 11.1. The fraction of sp³-hybridized carbons (Fsp3) is 0.500. The van der Waals surface area contributed by atoms with Gasteiger partial charge in [0.2, 0.25) is 0 Å². The van der Waals surface area contributed by atoms with Crippen LogP contribution in [0.3, 0.4) is 0 Å². The van der Waals surface area contributed by atoms with Gasteiger partial charge in [0.15, 0.2) is 11.5 Å². The van der Waals surface area contributed by atoms with Gasteiger partial charge in [-0.3, -0.25) is 4.79 Å². The number of aliphatic carboxylic acids is 1. The summed E-state index contributed by atoms with van der Waals surface area (Å²) in [5, 5.41) is 12.2. The Morgan fingerprint density at radius 1 is 1.40 bits per heavy atom. The molecule has 1 aromatic rings. The molecule has 0 bridgehead atoms. The Bertz CT molecular complexity index is 492. The highest BCUT2D eigenvalue weighted by Crippen LogP contribution is 2.35. The topological polar surface area (TPSA) is 67.8 Å². The van der Waals surface area contributed by atoms with Crippen LogP contribution in [-0.2, 0) is 11.3 Å². The van der Waals surface area contributed by atoms with Gasteiger partial charge in [-0.05, 0) is 24.1 Å². The van der Waals surface area contributed by atoms with Crippen molar-refractivity contribution in [2.24, 2.45) is 0 Å². The molecule has 0 aromatic heterocycles. The average molecular weight is 344 g/mol. The number of hydrogen-bond acceptors (Lipinski definition) is 4. The van der Waals surface area contributed by atoms with Gasteiger partial charge in [0.25, 0.3) is 0 Å². The third-order valence-corrected chi connectivity index (χ3v) is 3.86. The summed E-state index contributed by atoms with van der Waals surface area (Å²) in [6.45, 7) is 3.52. The van der Waals surface area contributed by atoms with E-state index in [-0.39, 0.29) is 0 Å². The van der Waals surface area contributed by atoms with Crippen molar-refractivity contribution < 1.29 is 19.4 Å². The van der Waals surface area contributed by atoms with E-state index in [1.807, 2.05) is 19.1 Å². The van der Waals surface area contributed by atoms with Crippen LogP contribution in [0.25, 0.3) is 0 Å². The monoisotopic (exact) mass is 343 g/mol. The van der Waals surface area contributed by atoms with Crippen LogP contribution in [0.5, 0.6) is 11.5 Å².